The number of amides is 1. The first-order chi connectivity index (χ1) is 19.0. The van der Waals surface area contributed by atoms with Crippen LogP contribution in [-0.2, 0) is 4.79 Å². The Hall–Kier alpha value is -3.88. The summed E-state index contributed by atoms with van der Waals surface area (Å²) in [6.07, 6.45) is 0. The molecule has 9 heteroatoms. The zero-order chi connectivity index (χ0) is 27.4. The van der Waals surface area contributed by atoms with Crippen LogP contribution in [0.1, 0.15) is 40.6 Å². The van der Waals surface area contributed by atoms with Crippen molar-refractivity contribution in [2.24, 2.45) is 0 Å². The molecule has 0 bridgehead atoms. The van der Waals surface area contributed by atoms with Crippen molar-refractivity contribution in [3.05, 3.63) is 94.0 Å². The maximum Gasteiger partial charge on any atom is 0.266 e. The van der Waals surface area contributed by atoms with Gasteiger partial charge in [-0.2, -0.15) is 0 Å². The second kappa shape index (κ2) is 14.1. The zero-order valence-electron chi connectivity index (χ0n) is 22.0. The molecule has 1 saturated heterocycles. The van der Waals surface area contributed by atoms with Gasteiger partial charge in [-0.1, -0.05) is 50.7 Å². The fourth-order valence-corrected chi connectivity index (χ4v) is 5.00. The number of halogens is 1. The minimum Gasteiger partial charge on any atom is -0.492 e. The Morgan fingerprint density at radius 3 is 2.29 bits per heavy atom. The van der Waals surface area contributed by atoms with E-state index in [0.29, 0.717) is 71.7 Å². The Labute approximate surface area is 247 Å². The number of fused-ring (bicyclic) bond motifs is 1. The van der Waals surface area contributed by atoms with Gasteiger partial charge in [-0.05, 0) is 62.4 Å². The van der Waals surface area contributed by atoms with Crippen LogP contribution >= 0.6 is 11.6 Å². The monoisotopic (exact) mass is 578 g/mol. The van der Waals surface area contributed by atoms with Gasteiger partial charge >= 0.3 is 0 Å². The zero-order valence-corrected chi connectivity index (χ0v) is 22.8. The van der Waals surface area contributed by atoms with Crippen LogP contribution in [0.5, 0.6) is 11.5 Å². The van der Waals surface area contributed by atoms with Gasteiger partial charge < -0.3 is 14.4 Å². The summed E-state index contributed by atoms with van der Waals surface area (Å²) in [6.45, 7) is 6.82. The number of piperazine rings is 1. The number of aromatic nitrogens is 2. The van der Waals surface area contributed by atoms with E-state index >= 15 is 0 Å². The number of carbonyl (C=O) groups is 1. The molecule has 1 fully saturated rings. The third-order valence-corrected chi connectivity index (χ3v) is 7.22. The molecule has 4 aromatic rings. The molecule has 1 aliphatic rings. The lowest BCUT2D eigenvalue weighted by Gasteiger charge is -2.38. The maximum atomic E-state index is 13.8. The van der Waals surface area contributed by atoms with Gasteiger partial charge in [0.1, 0.15) is 17.3 Å². The molecule has 3 aromatic carbocycles. The SMILES string of the molecule is C.C.CCOc1ccccc1-n1c(C(C)N2CCN(C(=O)COc3ccc(Cl)cc3)CC2)nc2ccccc2c1=O. The fourth-order valence-electron chi connectivity index (χ4n) is 4.87. The highest BCUT2D eigenvalue weighted by molar-refractivity contribution is 6.30. The third-order valence-electron chi connectivity index (χ3n) is 6.97. The summed E-state index contributed by atoms with van der Waals surface area (Å²) >= 11 is 5.92. The lowest BCUT2D eigenvalue weighted by molar-refractivity contribution is -0.135. The second-order valence-electron chi connectivity index (χ2n) is 9.36. The van der Waals surface area contributed by atoms with Crippen LogP contribution in [0.4, 0.5) is 0 Å². The van der Waals surface area contributed by atoms with E-state index in [2.05, 4.69) is 11.8 Å². The van der Waals surface area contributed by atoms with Crippen molar-refractivity contribution in [2.45, 2.75) is 34.7 Å². The molecule has 2 heterocycles. The molecule has 1 unspecified atom stereocenters. The first-order valence-electron chi connectivity index (χ1n) is 13.1. The van der Waals surface area contributed by atoms with Crippen LogP contribution in [0.3, 0.4) is 0 Å². The van der Waals surface area contributed by atoms with Gasteiger partial charge in [0.2, 0.25) is 0 Å². The molecule has 1 amide bonds. The summed E-state index contributed by atoms with van der Waals surface area (Å²) in [4.78, 5) is 35.6. The van der Waals surface area contributed by atoms with Crippen molar-refractivity contribution < 1.29 is 14.3 Å². The van der Waals surface area contributed by atoms with Crippen LogP contribution in [0, 0.1) is 0 Å². The van der Waals surface area contributed by atoms with E-state index in [1.807, 2.05) is 54.3 Å². The highest BCUT2D eigenvalue weighted by Gasteiger charge is 2.29. The van der Waals surface area contributed by atoms with E-state index < -0.39 is 0 Å². The van der Waals surface area contributed by atoms with Gasteiger partial charge in [0, 0.05) is 31.2 Å². The minimum atomic E-state index is -0.181. The summed E-state index contributed by atoms with van der Waals surface area (Å²) in [6, 6.07) is 21.7. The molecular formula is C32H39ClN4O4. The summed E-state index contributed by atoms with van der Waals surface area (Å²) < 4.78 is 13.2. The summed E-state index contributed by atoms with van der Waals surface area (Å²) in [5, 5.41) is 1.17. The number of para-hydroxylation sites is 3. The van der Waals surface area contributed by atoms with E-state index in [1.54, 1.807) is 34.9 Å². The number of hydrogen-bond acceptors (Lipinski definition) is 6. The van der Waals surface area contributed by atoms with Crippen molar-refractivity contribution in [2.75, 3.05) is 39.4 Å². The number of ether oxygens (including phenoxy) is 2. The van der Waals surface area contributed by atoms with E-state index in [-0.39, 0.29) is 39.0 Å². The van der Waals surface area contributed by atoms with Gasteiger partial charge in [-0.3, -0.25) is 19.1 Å². The molecule has 5 rings (SSSR count). The largest absolute Gasteiger partial charge is 0.492 e. The predicted molar refractivity (Wildman–Crippen MR) is 165 cm³/mol. The van der Waals surface area contributed by atoms with Gasteiger partial charge in [0.05, 0.1) is 29.2 Å². The smallest absolute Gasteiger partial charge is 0.266 e. The summed E-state index contributed by atoms with van der Waals surface area (Å²) in [7, 11) is 0. The molecular weight excluding hydrogens is 540 g/mol. The van der Waals surface area contributed by atoms with E-state index in [1.165, 1.54) is 0 Å². The quantitative estimate of drug-likeness (QED) is 0.255. The summed E-state index contributed by atoms with van der Waals surface area (Å²) in [5.41, 5.74) is 1.18. The molecule has 1 aromatic heterocycles. The van der Waals surface area contributed by atoms with Crippen LogP contribution in [0.2, 0.25) is 5.02 Å². The topological polar surface area (TPSA) is 76.9 Å². The fraction of sp³-hybridized carbons (Fsp3) is 0.344. The molecule has 0 N–H and O–H groups in total. The van der Waals surface area contributed by atoms with Crippen LogP contribution in [0.25, 0.3) is 16.6 Å². The van der Waals surface area contributed by atoms with Crippen molar-refractivity contribution in [3.8, 4) is 17.2 Å². The molecule has 218 valence electrons. The Balaban J connectivity index is 0.00000231. The number of benzene rings is 3. The number of carbonyl (C=O) groups excluding carboxylic acids is 1. The molecule has 0 saturated carbocycles. The normalized spacial score (nSPS) is 14.1. The lowest BCUT2D eigenvalue weighted by Crippen LogP contribution is -2.51. The van der Waals surface area contributed by atoms with Gasteiger partial charge in [-0.15, -0.1) is 0 Å². The Morgan fingerprint density at radius 2 is 1.59 bits per heavy atom. The average Bonchev–Trinajstić information content (AvgIpc) is 2.97. The van der Waals surface area contributed by atoms with Crippen LogP contribution in [-0.4, -0.2) is 64.7 Å². The molecule has 41 heavy (non-hydrogen) atoms. The highest BCUT2D eigenvalue weighted by atomic mass is 35.5. The molecule has 0 spiro atoms. The Bertz CT molecular complexity index is 1510. The van der Waals surface area contributed by atoms with E-state index in [9.17, 15) is 9.59 Å². The molecule has 0 aliphatic carbocycles. The van der Waals surface area contributed by atoms with E-state index in [4.69, 9.17) is 26.1 Å². The van der Waals surface area contributed by atoms with Crippen molar-refractivity contribution >= 4 is 28.4 Å². The lowest BCUT2D eigenvalue weighted by atomic mass is 10.1. The van der Waals surface area contributed by atoms with E-state index in [0.717, 1.165) is 0 Å². The Morgan fingerprint density at radius 1 is 0.927 bits per heavy atom. The third kappa shape index (κ3) is 6.89. The molecule has 1 atom stereocenters. The minimum absolute atomic E-state index is 0. The standard InChI is InChI=1S/C30H31ClN4O4.2CH4/c1-3-38-27-11-7-6-10-26(27)35-29(32-25-9-5-4-8-24(25)30(35)37)21(2)33-16-18-34(19-17-33)28(36)20-39-23-14-12-22(31)13-15-23;;/h4-15,21H,3,16-20H2,1-2H3;2*1H4. The van der Waals surface area contributed by atoms with Crippen molar-refractivity contribution in [1.29, 1.82) is 0 Å². The number of hydrogen-bond donors (Lipinski definition) is 0. The first kappa shape index (κ1) is 31.6. The summed E-state index contributed by atoms with van der Waals surface area (Å²) in [5.74, 6) is 1.80. The molecule has 0 radical (unpaired) electrons. The number of nitrogens with zero attached hydrogens (tertiary/aromatic N) is 4. The van der Waals surface area contributed by atoms with Gasteiger partial charge in [-0.25, -0.2) is 4.98 Å². The maximum absolute atomic E-state index is 13.8. The van der Waals surface area contributed by atoms with Crippen LogP contribution in [0.15, 0.2) is 77.6 Å². The predicted octanol–water partition coefficient (Wildman–Crippen LogP) is 5.99. The highest BCUT2D eigenvalue weighted by Crippen LogP contribution is 2.28. The van der Waals surface area contributed by atoms with Crippen molar-refractivity contribution in [1.82, 2.24) is 19.4 Å². The van der Waals surface area contributed by atoms with Crippen LogP contribution < -0.4 is 15.0 Å². The molecule has 8 nitrogen and oxygen atoms in total. The van der Waals surface area contributed by atoms with Crippen molar-refractivity contribution in [3.63, 3.8) is 0 Å². The average molecular weight is 579 g/mol. The Kier molecular flexibility index (Phi) is 10.9. The second-order valence-corrected chi connectivity index (χ2v) is 9.80. The molecule has 1 aliphatic heterocycles. The van der Waals surface area contributed by atoms with Gasteiger partial charge in [0.25, 0.3) is 11.5 Å². The number of rotatable bonds is 8. The van der Waals surface area contributed by atoms with Gasteiger partial charge in [0.15, 0.2) is 6.61 Å². The first-order valence-corrected chi connectivity index (χ1v) is 13.5.